The highest BCUT2D eigenvalue weighted by Gasteiger charge is 2.06. The fraction of sp³-hybridized carbons (Fsp3) is 0.462. The molecule has 1 aromatic rings. The third kappa shape index (κ3) is 4.34. The number of carboxylic acids is 1. The van der Waals surface area contributed by atoms with Gasteiger partial charge in [-0.2, -0.15) is 0 Å². The molecule has 0 aliphatic carbocycles. The Morgan fingerprint density at radius 3 is 2.41 bits per heavy atom. The number of hydrogen-bond donors (Lipinski definition) is 1. The molecule has 0 spiro atoms. The van der Waals surface area contributed by atoms with E-state index in [1.54, 1.807) is 0 Å². The van der Waals surface area contributed by atoms with Crippen molar-refractivity contribution in [2.75, 3.05) is 24.6 Å². The molecular formula is C13H19NO3. The molecule has 1 N–H and O–H groups in total. The lowest BCUT2D eigenvalue weighted by atomic mass is 10.2. The Bertz CT molecular complexity index is 348. The van der Waals surface area contributed by atoms with Crippen LogP contribution in [-0.4, -0.2) is 30.8 Å². The van der Waals surface area contributed by atoms with Gasteiger partial charge in [0.2, 0.25) is 0 Å². The second-order valence-electron chi connectivity index (χ2n) is 3.65. The van der Waals surface area contributed by atoms with Gasteiger partial charge >= 0.3 is 5.97 Å². The summed E-state index contributed by atoms with van der Waals surface area (Å²) in [7, 11) is 0. The van der Waals surface area contributed by atoms with Crippen molar-refractivity contribution in [3.63, 3.8) is 0 Å². The Labute approximate surface area is 102 Å². The monoisotopic (exact) mass is 237 g/mol. The molecule has 0 fully saturated rings. The van der Waals surface area contributed by atoms with Crippen LogP contribution in [0.1, 0.15) is 20.3 Å². The summed E-state index contributed by atoms with van der Waals surface area (Å²) in [5, 5.41) is 8.67. The normalized spacial score (nSPS) is 10.0. The number of rotatable bonds is 7. The zero-order valence-corrected chi connectivity index (χ0v) is 10.3. The molecule has 0 saturated carbocycles. The van der Waals surface area contributed by atoms with E-state index in [1.807, 2.05) is 43.0 Å². The minimum Gasteiger partial charge on any atom is -0.494 e. The zero-order valence-electron chi connectivity index (χ0n) is 10.3. The third-order valence-corrected chi connectivity index (χ3v) is 2.49. The van der Waals surface area contributed by atoms with E-state index in [1.165, 1.54) is 0 Å². The van der Waals surface area contributed by atoms with Gasteiger partial charge in [-0.1, -0.05) is 0 Å². The zero-order chi connectivity index (χ0) is 12.7. The molecule has 1 rings (SSSR count). The minimum atomic E-state index is -0.769. The highest BCUT2D eigenvalue weighted by Crippen LogP contribution is 2.19. The molecule has 0 aliphatic heterocycles. The molecule has 0 heterocycles. The lowest BCUT2D eigenvalue weighted by molar-refractivity contribution is -0.136. The number of aliphatic carboxylic acids is 1. The molecule has 1 aromatic carbocycles. The Hall–Kier alpha value is -1.71. The van der Waals surface area contributed by atoms with Crippen LogP contribution >= 0.6 is 0 Å². The largest absolute Gasteiger partial charge is 0.494 e. The predicted octanol–water partition coefficient (Wildman–Crippen LogP) is 2.39. The smallest absolute Gasteiger partial charge is 0.305 e. The molecule has 0 radical (unpaired) electrons. The summed E-state index contributed by atoms with van der Waals surface area (Å²) in [4.78, 5) is 12.6. The fourth-order valence-corrected chi connectivity index (χ4v) is 1.62. The number of anilines is 1. The van der Waals surface area contributed by atoms with Gasteiger partial charge in [0.1, 0.15) is 5.75 Å². The highest BCUT2D eigenvalue weighted by molar-refractivity contribution is 5.67. The first-order valence-corrected chi connectivity index (χ1v) is 5.87. The number of carboxylic acid groups (broad SMARTS) is 1. The van der Waals surface area contributed by atoms with Crippen LogP contribution in [0.5, 0.6) is 5.75 Å². The lowest BCUT2D eigenvalue weighted by Gasteiger charge is -2.22. The van der Waals surface area contributed by atoms with Crippen molar-refractivity contribution in [2.24, 2.45) is 0 Å². The van der Waals surface area contributed by atoms with Gasteiger partial charge in [0.15, 0.2) is 0 Å². The van der Waals surface area contributed by atoms with Crippen LogP contribution in [0.3, 0.4) is 0 Å². The van der Waals surface area contributed by atoms with Crippen molar-refractivity contribution >= 4 is 11.7 Å². The number of nitrogens with zero attached hydrogens (tertiary/aromatic N) is 1. The fourth-order valence-electron chi connectivity index (χ4n) is 1.62. The summed E-state index contributed by atoms with van der Waals surface area (Å²) in [5.41, 5.74) is 1.03. The summed E-state index contributed by atoms with van der Waals surface area (Å²) < 4.78 is 5.36. The van der Waals surface area contributed by atoms with Crippen molar-refractivity contribution in [3.05, 3.63) is 24.3 Å². The van der Waals surface area contributed by atoms with Crippen molar-refractivity contribution in [1.82, 2.24) is 0 Å². The second-order valence-corrected chi connectivity index (χ2v) is 3.65. The molecule has 4 heteroatoms. The maximum Gasteiger partial charge on any atom is 0.305 e. The number of benzene rings is 1. The van der Waals surface area contributed by atoms with Gasteiger partial charge in [0.25, 0.3) is 0 Å². The summed E-state index contributed by atoms with van der Waals surface area (Å²) in [5.74, 6) is 0.0694. The molecule has 0 bridgehead atoms. The molecule has 4 nitrogen and oxygen atoms in total. The number of hydrogen-bond acceptors (Lipinski definition) is 3. The van der Waals surface area contributed by atoms with Gasteiger partial charge in [-0.3, -0.25) is 4.79 Å². The van der Waals surface area contributed by atoms with Crippen LogP contribution in [-0.2, 0) is 4.79 Å². The molecule has 0 aliphatic rings. The van der Waals surface area contributed by atoms with Crippen LogP contribution in [0.2, 0.25) is 0 Å². The van der Waals surface area contributed by atoms with E-state index < -0.39 is 5.97 Å². The van der Waals surface area contributed by atoms with Gasteiger partial charge in [-0.25, -0.2) is 0 Å². The van der Waals surface area contributed by atoms with E-state index in [9.17, 15) is 4.79 Å². The Morgan fingerprint density at radius 2 is 1.94 bits per heavy atom. The van der Waals surface area contributed by atoms with Crippen molar-refractivity contribution in [1.29, 1.82) is 0 Å². The van der Waals surface area contributed by atoms with E-state index in [-0.39, 0.29) is 6.42 Å². The van der Waals surface area contributed by atoms with Crippen molar-refractivity contribution in [3.8, 4) is 5.75 Å². The summed E-state index contributed by atoms with van der Waals surface area (Å²) in [6.07, 6.45) is 0.154. The van der Waals surface area contributed by atoms with Crippen LogP contribution in [0.4, 0.5) is 5.69 Å². The highest BCUT2D eigenvalue weighted by atomic mass is 16.5. The van der Waals surface area contributed by atoms with Crippen LogP contribution < -0.4 is 9.64 Å². The van der Waals surface area contributed by atoms with Gasteiger partial charge in [0.05, 0.1) is 13.0 Å². The molecule has 94 valence electrons. The maximum absolute atomic E-state index is 10.5. The van der Waals surface area contributed by atoms with E-state index in [2.05, 4.69) is 0 Å². The molecule has 0 unspecified atom stereocenters. The van der Waals surface area contributed by atoms with E-state index in [4.69, 9.17) is 9.84 Å². The Morgan fingerprint density at radius 1 is 1.29 bits per heavy atom. The van der Waals surface area contributed by atoms with Crippen LogP contribution in [0, 0.1) is 0 Å². The first-order valence-electron chi connectivity index (χ1n) is 5.87. The molecule has 0 amide bonds. The maximum atomic E-state index is 10.5. The first kappa shape index (κ1) is 13.4. The van der Waals surface area contributed by atoms with Crippen LogP contribution in [0.25, 0.3) is 0 Å². The predicted molar refractivity (Wildman–Crippen MR) is 67.8 cm³/mol. The molecule has 0 atom stereocenters. The third-order valence-electron chi connectivity index (χ3n) is 2.49. The molecule has 0 saturated heterocycles. The first-order chi connectivity index (χ1) is 8.17. The quantitative estimate of drug-likeness (QED) is 0.791. The molecule has 0 aromatic heterocycles. The van der Waals surface area contributed by atoms with E-state index in [0.717, 1.165) is 18.0 Å². The topological polar surface area (TPSA) is 49.8 Å². The lowest BCUT2D eigenvalue weighted by Crippen LogP contribution is -2.25. The van der Waals surface area contributed by atoms with E-state index >= 15 is 0 Å². The molecule has 17 heavy (non-hydrogen) atoms. The average molecular weight is 237 g/mol. The van der Waals surface area contributed by atoms with Gasteiger partial charge in [-0.05, 0) is 38.1 Å². The van der Waals surface area contributed by atoms with Gasteiger partial charge < -0.3 is 14.7 Å². The van der Waals surface area contributed by atoms with Crippen LogP contribution in [0.15, 0.2) is 24.3 Å². The minimum absolute atomic E-state index is 0.154. The van der Waals surface area contributed by atoms with E-state index in [0.29, 0.717) is 13.2 Å². The summed E-state index contributed by atoms with van der Waals surface area (Å²) in [6.45, 7) is 5.92. The molecular weight excluding hydrogens is 218 g/mol. The van der Waals surface area contributed by atoms with Crippen molar-refractivity contribution in [2.45, 2.75) is 20.3 Å². The number of ether oxygens (including phenoxy) is 1. The SMILES string of the molecule is CCOc1ccc(N(CC)CCC(=O)O)cc1. The van der Waals surface area contributed by atoms with Gasteiger partial charge in [0, 0.05) is 18.8 Å². The van der Waals surface area contributed by atoms with Gasteiger partial charge in [-0.15, -0.1) is 0 Å². The summed E-state index contributed by atoms with van der Waals surface area (Å²) >= 11 is 0. The Kier molecular flexibility index (Phi) is 5.33. The number of carbonyl (C=O) groups is 1. The Balaban J connectivity index is 2.64. The second kappa shape index (κ2) is 6.78. The van der Waals surface area contributed by atoms with Crippen molar-refractivity contribution < 1.29 is 14.6 Å². The average Bonchev–Trinajstić information content (AvgIpc) is 2.32. The summed E-state index contributed by atoms with van der Waals surface area (Å²) in [6, 6.07) is 7.72. The standard InChI is InChI=1S/C13H19NO3/c1-3-14(10-9-13(15)16)11-5-7-12(8-6-11)17-4-2/h5-8H,3-4,9-10H2,1-2H3,(H,15,16).